The van der Waals surface area contributed by atoms with Crippen LogP contribution in [0, 0.1) is 17.2 Å². The molecule has 3 heteroatoms. The Morgan fingerprint density at radius 2 is 2.43 bits per heavy atom. The Bertz CT molecular complexity index is 115. The van der Waals surface area contributed by atoms with Crippen LogP contribution in [0.3, 0.4) is 0 Å². The molecule has 0 fully saturated rings. The molecule has 0 aromatic heterocycles. The summed E-state index contributed by atoms with van der Waals surface area (Å²) >= 11 is 0. The van der Waals surface area contributed by atoms with Crippen molar-refractivity contribution in [1.82, 2.24) is 0 Å². The van der Waals surface area contributed by atoms with Crippen LogP contribution < -0.4 is 0 Å². The lowest BCUT2D eigenvalue weighted by Gasteiger charge is -1.83. The minimum Gasteiger partial charge on any atom is -0.260 e. The van der Waals surface area contributed by atoms with Crippen LogP contribution in [-0.4, -0.2) is 6.04 Å². The van der Waals surface area contributed by atoms with Gasteiger partial charge in [-0.2, -0.15) is 9.65 Å². The first-order chi connectivity index (χ1) is 3.18. The number of nitriles is 1. The number of hydrogen-bond acceptors (Lipinski definition) is 2. The third kappa shape index (κ3) is 1.88. The number of carbonyl (C=O) groups is 1. The van der Waals surface area contributed by atoms with Crippen LogP contribution >= 0.6 is 0 Å². The Balaban J connectivity index is 3.63. The number of carbonyl (C=O) groups excluding carboxylic acids is 1. The molecule has 0 aromatic carbocycles. The van der Waals surface area contributed by atoms with Crippen molar-refractivity contribution in [2.24, 2.45) is 5.92 Å². The zero-order valence-corrected chi connectivity index (χ0v) is 3.81. The maximum Gasteiger partial charge on any atom is 0.318 e. The molecule has 0 saturated heterocycles. The summed E-state index contributed by atoms with van der Waals surface area (Å²) in [6.45, 7) is 1.21. The summed E-state index contributed by atoms with van der Waals surface area (Å²) in [6.07, 6.45) is 0. The Morgan fingerprint density at radius 1 is 2.00 bits per heavy atom. The van der Waals surface area contributed by atoms with Crippen molar-refractivity contribution in [3.63, 3.8) is 0 Å². The lowest BCUT2D eigenvalue weighted by molar-refractivity contribution is -0.131. The van der Waals surface area contributed by atoms with Crippen molar-refractivity contribution in [2.75, 3.05) is 0 Å². The summed E-state index contributed by atoms with van der Waals surface area (Å²) in [4.78, 5) is 9.49. The molecule has 0 rings (SSSR count). The average molecular weight is 101 g/mol. The molecule has 0 heterocycles. The van der Waals surface area contributed by atoms with Gasteiger partial charge in [0.1, 0.15) is 5.92 Å². The quantitative estimate of drug-likeness (QED) is 0.455. The van der Waals surface area contributed by atoms with E-state index in [0.717, 1.165) is 0 Å². The van der Waals surface area contributed by atoms with Crippen LogP contribution in [0.1, 0.15) is 6.92 Å². The molecule has 0 aliphatic rings. The maximum absolute atomic E-state index is 11.2. The van der Waals surface area contributed by atoms with Gasteiger partial charge in [-0.15, -0.1) is 0 Å². The van der Waals surface area contributed by atoms with Crippen molar-refractivity contribution in [3.05, 3.63) is 0 Å². The molecule has 0 saturated carbocycles. The van der Waals surface area contributed by atoms with E-state index in [1.807, 2.05) is 0 Å². The first kappa shape index (κ1) is 6.09. The summed E-state index contributed by atoms with van der Waals surface area (Å²) in [5.74, 6) is -1.10. The summed E-state index contributed by atoms with van der Waals surface area (Å²) in [7, 11) is 0. The SMILES string of the molecule is CC(C#N)C(=O)F. The molecule has 38 valence electrons. The Morgan fingerprint density at radius 3 is 2.43 bits per heavy atom. The largest absolute Gasteiger partial charge is 0.318 e. The molecule has 1 atom stereocenters. The highest BCUT2D eigenvalue weighted by atomic mass is 19.1. The van der Waals surface area contributed by atoms with Gasteiger partial charge in [-0.05, 0) is 6.92 Å². The van der Waals surface area contributed by atoms with Crippen molar-refractivity contribution in [1.29, 1.82) is 5.26 Å². The topological polar surface area (TPSA) is 40.9 Å². The van der Waals surface area contributed by atoms with Gasteiger partial charge < -0.3 is 0 Å². The van der Waals surface area contributed by atoms with E-state index in [1.165, 1.54) is 13.0 Å². The van der Waals surface area contributed by atoms with E-state index < -0.39 is 12.0 Å². The zero-order valence-electron chi connectivity index (χ0n) is 3.81. The molecule has 0 bridgehead atoms. The number of nitrogens with zero attached hydrogens (tertiary/aromatic N) is 1. The van der Waals surface area contributed by atoms with Gasteiger partial charge in [0, 0.05) is 0 Å². The van der Waals surface area contributed by atoms with Gasteiger partial charge in [-0.25, -0.2) is 0 Å². The van der Waals surface area contributed by atoms with Crippen LogP contribution in [0.25, 0.3) is 0 Å². The fourth-order valence-corrected chi connectivity index (χ4v) is 0.0507. The lowest BCUT2D eigenvalue weighted by atomic mass is 10.2. The van der Waals surface area contributed by atoms with Crippen LogP contribution in [-0.2, 0) is 4.79 Å². The summed E-state index contributed by atoms with van der Waals surface area (Å²) in [5, 5.41) is 7.79. The maximum atomic E-state index is 11.2. The third-order valence-corrected chi connectivity index (χ3v) is 0.534. The summed E-state index contributed by atoms with van der Waals surface area (Å²) < 4.78 is 11.2. The van der Waals surface area contributed by atoms with Gasteiger partial charge >= 0.3 is 6.04 Å². The molecule has 0 aromatic rings. The predicted molar refractivity (Wildman–Crippen MR) is 20.9 cm³/mol. The molecular formula is C4H4FNO. The Labute approximate surface area is 40.6 Å². The van der Waals surface area contributed by atoms with Crippen LogP contribution in [0.2, 0.25) is 0 Å². The van der Waals surface area contributed by atoms with E-state index in [4.69, 9.17) is 5.26 Å². The van der Waals surface area contributed by atoms with E-state index >= 15 is 0 Å². The van der Waals surface area contributed by atoms with Crippen molar-refractivity contribution < 1.29 is 9.18 Å². The zero-order chi connectivity index (χ0) is 5.86. The third-order valence-electron chi connectivity index (χ3n) is 0.534. The normalized spacial score (nSPS) is 12.1. The second kappa shape index (κ2) is 2.30. The van der Waals surface area contributed by atoms with Crippen LogP contribution in [0.4, 0.5) is 4.39 Å². The lowest BCUT2D eigenvalue weighted by Crippen LogP contribution is -1.99. The van der Waals surface area contributed by atoms with Gasteiger partial charge in [-0.1, -0.05) is 0 Å². The molecule has 0 aliphatic heterocycles. The fourth-order valence-electron chi connectivity index (χ4n) is 0.0507. The summed E-state index contributed by atoms with van der Waals surface area (Å²) in [5.41, 5.74) is 0. The minimum absolute atomic E-state index is 1.10. The van der Waals surface area contributed by atoms with Gasteiger partial charge in [0.2, 0.25) is 0 Å². The van der Waals surface area contributed by atoms with Crippen molar-refractivity contribution in [2.45, 2.75) is 6.92 Å². The smallest absolute Gasteiger partial charge is 0.260 e. The molecule has 0 N–H and O–H groups in total. The van der Waals surface area contributed by atoms with Crippen molar-refractivity contribution >= 4 is 6.04 Å². The van der Waals surface area contributed by atoms with Gasteiger partial charge in [-0.3, -0.25) is 4.79 Å². The molecule has 0 amide bonds. The van der Waals surface area contributed by atoms with Gasteiger partial charge in [0.25, 0.3) is 0 Å². The predicted octanol–water partition coefficient (Wildman–Crippen LogP) is 0.642. The average Bonchev–Trinajstić information content (AvgIpc) is 1.65. The highest BCUT2D eigenvalue weighted by molar-refractivity contribution is 5.73. The molecular weight excluding hydrogens is 97.0 g/mol. The van der Waals surface area contributed by atoms with Crippen molar-refractivity contribution in [3.8, 4) is 6.07 Å². The molecule has 2 nitrogen and oxygen atoms in total. The molecule has 0 radical (unpaired) electrons. The Hall–Kier alpha value is -0.910. The Kier molecular flexibility index (Phi) is 2.00. The van der Waals surface area contributed by atoms with Gasteiger partial charge in [0.15, 0.2) is 0 Å². The number of halogens is 1. The standard InChI is InChI=1S/C4H4FNO/c1-3(2-6)4(5)7/h3H,1H3. The monoisotopic (exact) mass is 101 g/mol. The van der Waals surface area contributed by atoms with Crippen LogP contribution in [0.15, 0.2) is 0 Å². The molecule has 7 heavy (non-hydrogen) atoms. The van der Waals surface area contributed by atoms with E-state index in [2.05, 4.69) is 0 Å². The minimum atomic E-state index is -1.57. The molecule has 1 unspecified atom stereocenters. The fraction of sp³-hybridized carbons (Fsp3) is 0.500. The van der Waals surface area contributed by atoms with E-state index in [0.29, 0.717) is 0 Å². The molecule has 0 aliphatic carbocycles. The second-order valence-electron chi connectivity index (χ2n) is 1.15. The van der Waals surface area contributed by atoms with E-state index in [-0.39, 0.29) is 0 Å². The molecule has 0 spiro atoms. The van der Waals surface area contributed by atoms with Gasteiger partial charge in [0.05, 0.1) is 6.07 Å². The summed E-state index contributed by atoms with van der Waals surface area (Å²) in [6, 6.07) is -0.127. The number of rotatable bonds is 1. The first-order valence-electron chi connectivity index (χ1n) is 1.77. The first-order valence-corrected chi connectivity index (χ1v) is 1.77. The highest BCUT2D eigenvalue weighted by Crippen LogP contribution is 1.92. The van der Waals surface area contributed by atoms with E-state index in [9.17, 15) is 9.18 Å². The highest BCUT2D eigenvalue weighted by Gasteiger charge is 2.07. The second-order valence-corrected chi connectivity index (χ2v) is 1.15. The number of hydrogen-bond donors (Lipinski definition) is 0. The van der Waals surface area contributed by atoms with Crippen LogP contribution in [0.5, 0.6) is 0 Å². The van der Waals surface area contributed by atoms with E-state index in [1.54, 1.807) is 0 Å².